The monoisotopic (exact) mass is 218 g/mol. The van der Waals surface area contributed by atoms with Gasteiger partial charge in [-0.15, -0.1) is 0 Å². The second-order valence-corrected chi connectivity index (χ2v) is 4.07. The van der Waals surface area contributed by atoms with Crippen molar-refractivity contribution in [3.63, 3.8) is 0 Å². The summed E-state index contributed by atoms with van der Waals surface area (Å²) < 4.78 is -0.335. The Morgan fingerprint density at radius 3 is 2.13 bits per heavy atom. The summed E-state index contributed by atoms with van der Waals surface area (Å²) in [6, 6.07) is 0. The summed E-state index contributed by atoms with van der Waals surface area (Å²) in [6.07, 6.45) is 0.427. The van der Waals surface area contributed by atoms with E-state index in [4.69, 9.17) is 10.8 Å². The number of quaternary nitrogens is 1. The van der Waals surface area contributed by atoms with Gasteiger partial charge in [0, 0.05) is 6.42 Å². The molecule has 6 nitrogen and oxygen atoms in total. The lowest BCUT2D eigenvalue weighted by Gasteiger charge is -2.45. The number of nitrogens with zero attached hydrogens (tertiary/aromatic N) is 1. The first-order valence-corrected chi connectivity index (χ1v) is 4.74. The summed E-state index contributed by atoms with van der Waals surface area (Å²) in [7, 11) is 2.94. The van der Waals surface area contributed by atoms with Crippen LogP contribution < -0.4 is 10.8 Å². The van der Waals surface area contributed by atoms with Crippen LogP contribution in [-0.2, 0) is 9.59 Å². The van der Waals surface area contributed by atoms with Gasteiger partial charge in [0.05, 0.1) is 14.1 Å². The number of carboxylic acids is 2. The van der Waals surface area contributed by atoms with Crippen LogP contribution in [0.3, 0.4) is 0 Å². The summed E-state index contributed by atoms with van der Waals surface area (Å²) in [5, 5.41) is 20.2. The van der Waals surface area contributed by atoms with Gasteiger partial charge in [-0.25, -0.2) is 4.79 Å². The number of carboxylic acid groups (broad SMARTS) is 2. The first kappa shape index (κ1) is 13.9. The van der Waals surface area contributed by atoms with Gasteiger partial charge in [-0.1, -0.05) is 6.92 Å². The fraction of sp³-hybridized carbons (Fsp3) is 0.778. The molecule has 0 saturated carbocycles. The van der Waals surface area contributed by atoms with Crippen molar-refractivity contribution < 1.29 is 24.3 Å². The van der Waals surface area contributed by atoms with E-state index >= 15 is 0 Å². The fourth-order valence-electron chi connectivity index (χ4n) is 1.62. The van der Waals surface area contributed by atoms with E-state index < -0.39 is 17.5 Å². The number of nitrogens with two attached hydrogens (primary N) is 1. The van der Waals surface area contributed by atoms with Crippen LogP contribution in [0.25, 0.3) is 0 Å². The lowest BCUT2D eigenvalue weighted by atomic mass is 9.90. The second kappa shape index (κ2) is 4.59. The molecule has 0 aromatic carbocycles. The maximum Gasteiger partial charge on any atom is 0.372 e. The maximum atomic E-state index is 11.2. The van der Waals surface area contributed by atoms with E-state index in [0.29, 0.717) is 6.42 Å². The average molecular weight is 218 g/mol. The van der Waals surface area contributed by atoms with Crippen LogP contribution >= 0.6 is 0 Å². The highest BCUT2D eigenvalue weighted by Gasteiger charge is 2.53. The van der Waals surface area contributed by atoms with E-state index in [2.05, 4.69) is 0 Å². The van der Waals surface area contributed by atoms with Crippen LogP contribution in [0.15, 0.2) is 0 Å². The van der Waals surface area contributed by atoms with Gasteiger partial charge in [0.2, 0.25) is 5.54 Å². The number of likely N-dealkylation sites (N-methyl/N-ethyl adjacent to an activating group) is 1. The van der Waals surface area contributed by atoms with Gasteiger partial charge in [0.15, 0.2) is 0 Å². The van der Waals surface area contributed by atoms with E-state index in [0.717, 1.165) is 0 Å². The number of carbonyl (C=O) groups is 2. The molecule has 6 heteroatoms. The van der Waals surface area contributed by atoms with E-state index in [-0.39, 0.29) is 17.6 Å². The van der Waals surface area contributed by atoms with E-state index in [1.165, 1.54) is 14.1 Å². The topological polar surface area (TPSA) is 103 Å². The molecule has 0 spiro atoms. The molecule has 0 aliphatic heterocycles. The predicted molar refractivity (Wildman–Crippen MR) is 51.4 cm³/mol. The van der Waals surface area contributed by atoms with Gasteiger partial charge in [-0.2, -0.15) is 0 Å². The molecule has 0 aromatic rings. The number of carbonyl (C=O) groups excluding carboxylic acids is 1. The summed E-state index contributed by atoms with van der Waals surface area (Å²) in [6.45, 7) is 1.64. The minimum atomic E-state index is -1.97. The van der Waals surface area contributed by atoms with E-state index in [1.54, 1.807) is 6.92 Å². The number of rotatable bonds is 6. The average Bonchev–Trinajstić information content (AvgIpc) is 2.12. The van der Waals surface area contributed by atoms with Crippen LogP contribution in [-0.4, -0.2) is 47.8 Å². The first-order chi connectivity index (χ1) is 6.76. The van der Waals surface area contributed by atoms with Crippen LogP contribution in [0.1, 0.15) is 19.8 Å². The number of hydrogen-bond donors (Lipinski definition) is 2. The molecule has 0 heterocycles. The third-order valence-corrected chi connectivity index (χ3v) is 2.79. The van der Waals surface area contributed by atoms with Crippen LogP contribution in [0.5, 0.6) is 0 Å². The van der Waals surface area contributed by atoms with E-state index in [1.807, 2.05) is 0 Å². The zero-order valence-electron chi connectivity index (χ0n) is 9.32. The lowest BCUT2D eigenvalue weighted by Crippen LogP contribution is -2.73. The fourth-order valence-corrected chi connectivity index (χ4v) is 1.62. The van der Waals surface area contributed by atoms with Gasteiger partial charge >= 0.3 is 5.97 Å². The van der Waals surface area contributed by atoms with Crippen LogP contribution in [0.2, 0.25) is 0 Å². The van der Waals surface area contributed by atoms with Crippen molar-refractivity contribution in [3.8, 4) is 0 Å². The molecule has 0 bridgehead atoms. The van der Waals surface area contributed by atoms with Crippen molar-refractivity contribution >= 4 is 11.9 Å². The molecule has 0 fully saturated rings. The third kappa shape index (κ3) is 2.10. The van der Waals surface area contributed by atoms with Crippen molar-refractivity contribution in [2.75, 3.05) is 20.8 Å². The van der Waals surface area contributed by atoms with Crippen molar-refractivity contribution in [2.24, 2.45) is 5.73 Å². The Labute approximate surface area is 88.9 Å². The van der Waals surface area contributed by atoms with E-state index in [9.17, 15) is 14.7 Å². The minimum Gasteiger partial charge on any atom is -0.543 e. The highest BCUT2D eigenvalue weighted by molar-refractivity contribution is 6.00. The summed E-state index contributed by atoms with van der Waals surface area (Å²) in [4.78, 5) is 22.3. The SMILES string of the molecule is CCCC(C(=O)[O-])(C(=O)O)[N+](C)(C)CN. The molecule has 0 radical (unpaired) electrons. The summed E-state index contributed by atoms with van der Waals surface area (Å²) in [5.41, 5.74) is 3.45. The molecule has 0 saturated heterocycles. The van der Waals surface area contributed by atoms with Crippen molar-refractivity contribution in [1.82, 2.24) is 0 Å². The molecule has 0 aliphatic rings. The van der Waals surface area contributed by atoms with Crippen molar-refractivity contribution in [3.05, 3.63) is 0 Å². The normalized spacial score (nSPS) is 15.7. The molecule has 3 N–H and O–H groups in total. The standard InChI is InChI=1S/C9H18N2O4/c1-4-5-9(7(12)13,8(14)15)11(2,3)6-10/h4-6,10H2,1-3H3,(H-,12,13,14,15). The number of aliphatic carboxylic acids is 2. The summed E-state index contributed by atoms with van der Waals surface area (Å²) in [5.74, 6) is -2.99. The largest absolute Gasteiger partial charge is 0.543 e. The molecular weight excluding hydrogens is 200 g/mol. The Balaban J connectivity index is 5.52. The molecule has 0 aromatic heterocycles. The summed E-state index contributed by atoms with van der Waals surface area (Å²) >= 11 is 0. The molecule has 0 rings (SSSR count). The van der Waals surface area contributed by atoms with Gasteiger partial charge < -0.3 is 15.0 Å². The Morgan fingerprint density at radius 1 is 1.47 bits per heavy atom. The second-order valence-electron chi connectivity index (χ2n) is 4.07. The zero-order chi connectivity index (χ0) is 12.3. The highest BCUT2D eigenvalue weighted by atomic mass is 16.4. The predicted octanol–water partition coefficient (Wildman–Crippen LogP) is -1.65. The molecule has 0 amide bonds. The molecular formula is C9H18N2O4. The lowest BCUT2D eigenvalue weighted by molar-refractivity contribution is -0.925. The molecule has 1 unspecified atom stereocenters. The van der Waals surface area contributed by atoms with Crippen molar-refractivity contribution in [1.29, 1.82) is 0 Å². The Hall–Kier alpha value is -1.14. The van der Waals surface area contributed by atoms with Gasteiger partial charge in [-0.3, -0.25) is 10.2 Å². The highest BCUT2D eigenvalue weighted by Crippen LogP contribution is 2.25. The number of hydrogen-bond acceptors (Lipinski definition) is 4. The zero-order valence-corrected chi connectivity index (χ0v) is 9.32. The molecule has 15 heavy (non-hydrogen) atoms. The Morgan fingerprint density at radius 2 is 1.93 bits per heavy atom. The molecule has 0 aliphatic carbocycles. The Bertz CT molecular complexity index is 249. The molecule has 88 valence electrons. The molecule has 1 atom stereocenters. The maximum absolute atomic E-state index is 11.2. The smallest absolute Gasteiger partial charge is 0.372 e. The Kier molecular flexibility index (Phi) is 4.24. The van der Waals surface area contributed by atoms with Crippen molar-refractivity contribution in [2.45, 2.75) is 25.3 Å². The first-order valence-electron chi connectivity index (χ1n) is 4.74. The van der Waals surface area contributed by atoms with Gasteiger partial charge in [-0.05, 0) is 6.42 Å². The van der Waals surface area contributed by atoms with Crippen LogP contribution in [0, 0.1) is 0 Å². The van der Waals surface area contributed by atoms with Crippen LogP contribution in [0.4, 0.5) is 0 Å². The minimum absolute atomic E-state index is 0.00509. The van der Waals surface area contributed by atoms with Gasteiger partial charge in [0.25, 0.3) is 0 Å². The third-order valence-electron chi connectivity index (χ3n) is 2.79. The quantitative estimate of drug-likeness (QED) is 0.316. The van der Waals surface area contributed by atoms with Gasteiger partial charge in [0.1, 0.15) is 12.6 Å².